The smallest absolute Gasteiger partial charge is 0.422 e. The van der Waals surface area contributed by atoms with E-state index in [-0.39, 0.29) is 16.5 Å². The highest BCUT2D eigenvalue weighted by atomic mass is 32.1. The van der Waals surface area contributed by atoms with Crippen molar-refractivity contribution in [1.29, 1.82) is 0 Å². The summed E-state index contributed by atoms with van der Waals surface area (Å²) in [5.74, 6) is -0.281. The number of nitro benzene ring substituents is 1. The lowest BCUT2D eigenvalue weighted by Gasteiger charge is -2.13. The standard InChI is InChI=1S/C17H16F3N3O3S/c18-17(19,20)11-26-15-9-13(8-14(10-15)23(24)25)22-16(27)21-7-6-12-4-2-1-3-5-12/h1-5,8-10H,6-7,11H2,(H2,21,22,27). The highest BCUT2D eigenvalue weighted by molar-refractivity contribution is 7.80. The van der Waals surface area contributed by atoms with Crippen LogP contribution < -0.4 is 15.4 Å². The summed E-state index contributed by atoms with van der Waals surface area (Å²) in [7, 11) is 0. The summed E-state index contributed by atoms with van der Waals surface area (Å²) in [5.41, 5.74) is 0.842. The zero-order chi connectivity index (χ0) is 19.9. The van der Waals surface area contributed by atoms with Crippen molar-refractivity contribution < 1.29 is 22.8 Å². The summed E-state index contributed by atoms with van der Waals surface area (Å²) in [5, 5.41) is 16.8. The first-order valence-corrected chi connectivity index (χ1v) is 8.21. The van der Waals surface area contributed by atoms with Gasteiger partial charge in [0.15, 0.2) is 11.7 Å². The predicted octanol–water partition coefficient (Wildman–Crippen LogP) is 4.07. The molecule has 0 atom stereocenters. The Morgan fingerprint density at radius 3 is 2.52 bits per heavy atom. The topological polar surface area (TPSA) is 76.4 Å². The van der Waals surface area contributed by atoms with E-state index in [4.69, 9.17) is 12.2 Å². The second-order valence-corrected chi connectivity index (χ2v) is 5.90. The Hall–Kier alpha value is -2.88. The van der Waals surface area contributed by atoms with E-state index in [2.05, 4.69) is 15.4 Å². The molecule has 0 amide bonds. The van der Waals surface area contributed by atoms with Gasteiger partial charge in [0.1, 0.15) is 5.75 Å². The Kier molecular flexibility index (Phi) is 6.94. The highest BCUT2D eigenvalue weighted by Crippen LogP contribution is 2.27. The Morgan fingerprint density at radius 2 is 1.89 bits per heavy atom. The average Bonchev–Trinajstić information content (AvgIpc) is 2.60. The number of hydrogen-bond donors (Lipinski definition) is 2. The molecule has 144 valence electrons. The van der Waals surface area contributed by atoms with Gasteiger partial charge in [-0.25, -0.2) is 0 Å². The van der Waals surface area contributed by atoms with Crippen molar-refractivity contribution in [1.82, 2.24) is 5.32 Å². The van der Waals surface area contributed by atoms with Crippen LogP contribution in [0.2, 0.25) is 0 Å². The van der Waals surface area contributed by atoms with Crippen LogP contribution in [0.3, 0.4) is 0 Å². The summed E-state index contributed by atoms with van der Waals surface area (Å²) >= 11 is 5.11. The number of hydrogen-bond acceptors (Lipinski definition) is 4. The van der Waals surface area contributed by atoms with Crippen LogP contribution in [0.4, 0.5) is 24.5 Å². The molecular weight excluding hydrogens is 383 g/mol. The second kappa shape index (κ2) is 9.17. The minimum Gasteiger partial charge on any atom is -0.484 e. The van der Waals surface area contributed by atoms with Gasteiger partial charge in [-0.3, -0.25) is 10.1 Å². The lowest BCUT2D eigenvalue weighted by Crippen LogP contribution is -2.30. The molecule has 0 saturated heterocycles. The molecule has 10 heteroatoms. The first-order chi connectivity index (χ1) is 12.7. The van der Waals surface area contributed by atoms with Gasteiger partial charge in [0.2, 0.25) is 0 Å². The fourth-order valence-corrected chi connectivity index (χ4v) is 2.37. The predicted molar refractivity (Wildman–Crippen MR) is 99.0 cm³/mol. The number of nitrogens with zero attached hydrogens (tertiary/aromatic N) is 1. The van der Waals surface area contributed by atoms with Crippen LogP contribution >= 0.6 is 12.2 Å². The van der Waals surface area contributed by atoms with Crippen molar-refractivity contribution in [2.24, 2.45) is 0 Å². The first-order valence-electron chi connectivity index (χ1n) is 7.81. The van der Waals surface area contributed by atoms with E-state index in [0.717, 1.165) is 17.7 Å². The van der Waals surface area contributed by atoms with Gasteiger partial charge in [0, 0.05) is 18.7 Å². The minimum atomic E-state index is -4.55. The van der Waals surface area contributed by atoms with Gasteiger partial charge in [-0.2, -0.15) is 13.2 Å². The Balaban J connectivity index is 1.97. The van der Waals surface area contributed by atoms with E-state index in [1.165, 1.54) is 6.07 Å². The number of benzene rings is 2. The maximum atomic E-state index is 12.3. The van der Waals surface area contributed by atoms with Gasteiger partial charge < -0.3 is 15.4 Å². The van der Waals surface area contributed by atoms with Crippen molar-refractivity contribution in [3.63, 3.8) is 0 Å². The van der Waals surface area contributed by atoms with Crippen molar-refractivity contribution in [2.75, 3.05) is 18.5 Å². The Bertz CT molecular complexity index is 801. The van der Waals surface area contributed by atoms with Crippen molar-refractivity contribution in [3.05, 3.63) is 64.2 Å². The summed E-state index contributed by atoms with van der Waals surface area (Å²) in [4.78, 5) is 10.2. The quantitative estimate of drug-likeness (QED) is 0.415. The molecule has 2 aromatic rings. The highest BCUT2D eigenvalue weighted by Gasteiger charge is 2.28. The SMILES string of the molecule is O=[N+]([O-])c1cc(NC(=S)NCCc2ccccc2)cc(OCC(F)(F)F)c1. The van der Waals surface area contributed by atoms with E-state index in [0.29, 0.717) is 13.0 Å². The fourth-order valence-electron chi connectivity index (χ4n) is 2.15. The fraction of sp³-hybridized carbons (Fsp3) is 0.235. The molecule has 0 spiro atoms. The van der Waals surface area contributed by atoms with Gasteiger partial charge in [0.25, 0.3) is 5.69 Å². The van der Waals surface area contributed by atoms with Gasteiger partial charge in [0.05, 0.1) is 16.7 Å². The van der Waals surface area contributed by atoms with E-state index in [1.807, 2.05) is 30.3 Å². The monoisotopic (exact) mass is 399 g/mol. The van der Waals surface area contributed by atoms with E-state index in [9.17, 15) is 23.3 Å². The molecule has 27 heavy (non-hydrogen) atoms. The number of nitro groups is 1. The molecule has 0 saturated carbocycles. The van der Waals surface area contributed by atoms with Crippen LogP contribution in [0, 0.1) is 10.1 Å². The largest absolute Gasteiger partial charge is 0.484 e. The molecule has 2 rings (SSSR count). The third kappa shape index (κ3) is 7.48. The molecule has 0 aliphatic heterocycles. The van der Waals surface area contributed by atoms with Gasteiger partial charge in [-0.15, -0.1) is 0 Å². The van der Waals surface area contributed by atoms with Crippen molar-refractivity contribution in [3.8, 4) is 5.75 Å². The molecule has 0 heterocycles. The van der Waals surface area contributed by atoms with Crippen LogP contribution in [0.5, 0.6) is 5.75 Å². The first kappa shape index (κ1) is 20.4. The van der Waals surface area contributed by atoms with E-state index < -0.39 is 23.4 Å². The number of alkyl halides is 3. The summed E-state index contributed by atoms with van der Waals surface area (Å²) in [6, 6.07) is 12.9. The molecule has 2 aromatic carbocycles. The lowest BCUT2D eigenvalue weighted by molar-refractivity contribution is -0.384. The van der Waals surface area contributed by atoms with Crippen molar-refractivity contribution >= 4 is 28.7 Å². The molecule has 0 radical (unpaired) electrons. The van der Waals surface area contributed by atoms with Crippen LogP contribution in [0.1, 0.15) is 5.56 Å². The molecule has 6 nitrogen and oxygen atoms in total. The molecule has 0 aliphatic rings. The molecule has 0 aromatic heterocycles. The van der Waals surface area contributed by atoms with E-state index >= 15 is 0 Å². The summed E-state index contributed by atoms with van der Waals surface area (Å²) in [6.07, 6.45) is -3.84. The molecule has 2 N–H and O–H groups in total. The number of halogens is 3. The maximum absolute atomic E-state index is 12.3. The zero-order valence-electron chi connectivity index (χ0n) is 14.0. The van der Waals surface area contributed by atoms with Crippen molar-refractivity contribution in [2.45, 2.75) is 12.6 Å². The minimum absolute atomic E-state index is 0.151. The number of thiocarbonyl (C=S) groups is 1. The number of anilines is 1. The summed E-state index contributed by atoms with van der Waals surface area (Å²) in [6.45, 7) is -1.03. The number of ether oxygens (including phenoxy) is 1. The zero-order valence-corrected chi connectivity index (χ0v) is 14.8. The Morgan fingerprint density at radius 1 is 1.19 bits per heavy atom. The molecule has 0 bridgehead atoms. The third-order valence-electron chi connectivity index (χ3n) is 3.30. The molecular formula is C17H16F3N3O3S. The van der Waals surface area contributed by atoms with Crippen LogP contribution in [-0.2, 0) is 6.42 Å². The molecule has 0 fully saturated rings. The normalized spacial score (nSPS) is 10.9. The molecule has 0 unspecified atom stereocenters. The number of nitrogens with one attached hydrogen (secondary N) is 2. The maximum Gasteiger partial charge on any atom is 0.422 e. The van der Waals surface area contributed by atoms with Crippen LogP contribution in [0.25, 0.3) is 0 Å². The Labute approximate surface area is 158 Å². The molecule has 0 aliphatic carbocycles. The van der Waals surface area contributed by atoms with Gasteiger partial charge >= 0.3 is 6.18 Å². The van der Waals surface area contributed by atoms with E-state index in [1.54, 1.807) is 0 Å². The second-order valence-electron chi connectivity index (χ2n) is 5.49. The third-order valence-corrected chi connectivity index (χ3v) is 3.55. The van der Waals surface area contributed by atoms with Crippen LogP contribution in [-0.4, -0.2) is 29.4 Å². The van der Waals surface area contributed by atoms with Gasteiger partial charge in [-0.1, -0.05) is 30.3 Å². The number of non-ortho nitro benzene ring substituents is 1. The summed E-state index contributed by atoms with van der Waals surface area (Å²) < 4.78 is 41.4. The van der Waals surface area contributed by atoms with Crippen LogP contribution in [0.15, 0.2) is 48.5 Å². The average molecular weight is 399 g/mol. The number of rotatable bonds is 7. The lowest BCUT2D eigenvalue weighted by atomic mass is 10.1. The van der Waals surface area contributed by atoms with Gasteiger partial charge in [-0.05, 0) is 24.2 Å².